The van der Waals surface area contributed by atoms with E-state index in [1.54, 1.807) is 12.2 Å². The molecule has 0 heterocycles. The van der Waals surface area contributed by atoms with E-state index in [0.717, 1.165) is 6.42 Å². The summed E-state index contributed by atoms with van der Waals surface area (Å²) in [6, 6.07) is 4.46. The molecule has 5 nitrogen and oxygen atoms in total. The van der Waals surface area contributed by atoms with E-state index >= 15 is 0 Å². The molecule has 0 bridgehead atoms. The Hall–Kier alpha value is -2.66. The summed E-state index contributed by atoms with van der Waals surface area (Å²) in [6.45, 7) is 11.3. The summed E-state index contributed by atoms with van der Waals surface area (Å²) in [5, 5.41) is 9.50. The van der Waals surface area contributed by atoms with E-state index in [4.69, 9.17) is 9.47 Å². The first-order valence-corrected chi connectivity index (χ1v) is 9.95. The minimum Gasteiger partial charge on any atom is -0.461 e. The molecule has 1 fully saturated rings. The van der Waals surface area contributed by atoms with Gasteiger partial charge in [0.25, 0.3) is 0 Å². The van der Waals surface area contributed by atoms with Crippen LogP contribution in [-0.4, -0.2) is 30.3 Å². The molecule has 1 aromatic rings. The van der Waals surface area contributed by atoms with Crippen LogP contribution in [0.1, 0.15) is 52.0 Å². The minimum atomic E-state index is -0.567. The number of ether oxygens (including phenoxy) is 2. The summed E-state index contributed by atoms with van der Waals surface area (Å²) in [5.74, 6) is -0.298. The van der Waals surface area contributed by atoms with Gasteiger partial charge in [-0.05, 0) is 42.5 Å². The van der Waals surface area contributed by atoms with Crippen LogP contribution in [0.15, 0.2) is 56.2 Å². The van der Waals surface area contributed by atoms with Crippen molar-refractivity contribution in [1.29, 1.82) is 0 Å². The molecule has 1 aromatic carbocycles. The van der Waals surface area contributed by atoms with Crippen LogP contribution in [0.4, 0.5) is 0 Å². The number of aliphatic hydroxyl groups is 1. The van der Waals surface area contributed by atoms with E-state index in [0.29, 0.717) is 17.9 Å². The third-order valence-corrected chi connectivity index (χ3v) is 4.97. The van der Waals surface area contributed by atoms with Gasteiger partial charge < -0.3 is 14.6 Å². The molecule has 1 saturated carbocycles. The molecular weight excluding hydrogens is 368 g/mol. The van der Waals surface area contributed by atoms with Crippen molar-refractivity contribution in [2.75, 3.05) is 13.2 Å². The summed E-state index contributed by atoms with van der Waals surface area (Å²) in [6.07, 6.45) is 9.33. The molecule has 0 aromatic heterocycles. The van der Waals surface area contributed by atoms with Gasteiger partial charge in [0.1, 0.15) is 0 Å². The Morgan fingerprint density at radius 1 is 1.00 bits per heavy atom. The maximum absolute atomic E-state index is 12.5. The molecule has 2 unspecified atom stereocenters. The van der Waals surface area contributed by atoms with Gasteiger partial charge in [0.2, 0.25) is 0 Å². The van der Waals surface area contributed by atoms with E-state index < -0.39 is 11.9 Å². The number of carbonyl (C=O) groups excluding carboxylic acids is 2. The first-order valence-electron chi connectivity index (χ1n) is 9.95. The van der Waals surface area contributed by atoms with Crippen LogP contribution >= 0.6 is 0 Å². The third kappa shape index (κ3) is 7.35. The normalized spacial score (nSPS) is 15.1. The monoisotopic (exact) mass is 398 g/mol. The minimum absolute atomic E-state index is 0.0239. The van der Waals surface area contributed by atoms with Crippen molar-refractivity contribution in [3.8, 4) is 0 Å². The number of esters is 2. The van der Waals surface area contributed by atoms with Gasteiger partial charge in [-0.2, -0.15) is 0 Å². The fraction of sp³-hybridized carbons (Fsp3) is 0.417. The molecule has 0 saturated heterocycles. The van der Waals surface area contributed by atoms with E-state index in [1.165, 1.54) is 31.0 Å². The van der Waals surface area contributed by atoms with Crippen molar-refractivity contribution >= 4 is 11.9 Å². The average molecular weight is 398 g/mol. The Bertz CT molecular complexity index is 748. The lowest BCUT2D eigenvalue weighted by molar-refractivity contribution is 0.0457. The van der Waals surface area contributed by atoms with Gasteiger partial charge >= 0.3 is 11.9 Å². The second kappa shape index (κ2) is 11.4. The van der Waals surface area contributed by atoms with Gasteiger partial charge in [-0.25, -0.2) is 9.59 Å². The fourth-order valence-electron chi connectivity index (χ4n) is 3.01. The number of hydrogen-bond donors (Lipinski definition) is 1. The molecule has 0 aliphatic heterocycles. The molecule has 0 radical (unpaired) electrons. The van der Waals surface area contributed by atoms with Gasteiger partial charge in [0, 0.05) is 11.8 Å². The number of allylic oxidation sites excluding steroid dienone is 1. The van der Waals surface area contributed by atoms with Crippen LogP contribution in [0.5, 0.6) is 0 Å². The average Bonchev–Trinajstić information content (AvgIpc) is 3.57. The Kier molecular flexibility index (Phi) is 8.87. The van der Waals surface area contributed by atoms with Gasteiger partial charge in [0.15, 0.2) is 0 Å². The summed E-state index contributed by atoms with van der Waals surface area (Å²) in [5.41, 5.74) is 0.850. The zero-order chi connectivity index (χ0) is 21.2. The maximum Gasteiger partial charge on any atom is 0.338 e. The molecule has 0 spiro atoms. The quantitative estimate of drug-likeness (QED) is 0.392. The molecule has 5 heteroatoms. The highest BCUT2D eigenvalue weighted by molar-refractivity contribution is 5.95. The van der Waals surface area contributed by atoms with Crippen molar-refractivity contribution in [1.82, 2.24) is 0 Å². The lowest BCUT2D eigenvalue weighted by Gasteiger charge is -2.14. The molecule has 0 amide bonds. The number of carbonyl (C=O) groups is 2. The van der Waals surface area contributed by atoms with Gasteiger partial charge in [0.05, 0.1) is 30.9 Å². The number of aliphatic hydroxyl groups excluding tert-OH is 1. The Morgan fingerprint density at radius 2 is 1.55 bits per heavy atom. The van der Waals surface area contributed by atoms with Crippen molar-refractivity contribution < 1.29 is 24.2 Å². The number of hydrogen-bond acceptors (Lipinski definition) is 5. The van der Waals surface area contributed by atoms with Gasteiger partial charge in [-0.15, -0.1) is 19.7 Å². The van der Waals surface area contributed by atoms with Crippen molar-refractivity contribution in [2.45, 2.75) is 32.3 Å². The molecule has 156 valence electrons. The predicted molar refractivity (Wildman–Crippen MR) is 112 cm³/mol. The standard InChI is InChI=1S/C24H30O5/c1-4-7-17(5-2)15-28-23(26)21-11-20(14-25)12-22(13-21)24(27)29-16-18(6-3)10-19-8-9-19/h4-6,11-13,17-19,25H,1-3,7-10,14-16H2. The first kappa shape index (κ1) is 22.6. The van der Waals surface area contributed by atoms with E-state index in [2.05, 4.69) is 19.7 Å². The SMILES string of the molecule is C=CCC(C=C)COC(=O)c1cc(CO)cc(C(=O)OCC(C=C)CC2CC2)c1. The van der Waals surface area contributed by atoms with Crippen LogP contribution in [0.3, 0.4) is 0 Å². The Morgan fingerprint density at radius 3 is 2.00 bits per heavy atom. The van der Waals surface area contributed by atoms with Crippen LogP contribution in [0.2, 0.25) is 0 Å². The molecule has 1 aliphatic carbocycles. The summed E-state index contributed by atoms with van der Waals surface area (Å²) in [7, 11) is 0. The van der Waals surface area contributed by atoms with Crippen molar-refractivity contribution in [3.63, 3.8) is 0 Å². The fourth-order valence-corrected chi connectivity index (χ4v) is 3.01. The second-order valence-corrected chi connectivity index (χ2v) is 7.47. The van der Waals surface area contributed by atoms with Gasteiger partial charge in [-0.3, -0.25) is 0 Å². The second-order valence-electron chi connectivity index (χ2n) is 7.47. The molecule has 1 aliphatic rings. The molecule has 29 heavy (non-hydrogen) atoms. The van der Waals surface area contributed by atoms with Crippen LogP contribution < -0.4 is 0 Å². The van der Waals surface area contributed by atoms with E-state index in [9.17, 15) is 14.7 Å². The lowest BCUT2D eigenvalue weighted by Crippen LogP contribution is -2.16. The predicted octanol–water partition coefficient (Wildman–Crippen LogP) is 4.47. The van der Waals surface area contributed by atoms with Gasteiger partial charge in [-0.1, -0.05) is 31.1 Å². The molecular formula is C24H30O5. The highest BCUT2D eigenvalue weighted by Crippen LogP contribution is 2.35. The summed E-state index contributed by atoms with van der Waals surface area (Å²) >= 11 is 0. The molecule has 2 atom stereocenters. The summed E-state index contributed by atoms with van der Waals surface area (Å²) < 4.78 is 10.8. The van der Waals surface area contributed by atoms with Crippen molar-refractivity contribution in [3.05, 3.63) is 72.9 Å². The molecule has 2 rings (SSSR count). The smallest absolute Gasteiger partial charge is 0.338 e. The lowest BCUT2D eigenvalue weighted by atomic mass is 10.0. The number of rotatable bonds is 13. The first-order chi connectivity index (χ1) is 14.0. The maximum atomic E-state index is 12.5. The highest BCUT2D eigenvalue weighted by atomic mass is 16.5. The molecule has 1 N–H and O–H groups in total. The highest BCUT2D eigenvalue weighted by Gasteiger charge is 2.25. The topological polar surface area (TPSA) is 72.8 Å². The largest absolute Gasteiger partial charge is 0.461 e. The van der Waals surface area contributed by atoms with E-state index in [1.807, 2.05) is 6.08 Å². The van der Waals surface area contributed by atoms with Crippen LogP contribution in [-0.2, 0) is 16.1 Å². The zero-order valence-electron chi connectivity index (χ0n) is 16.8. The van der Waals surface area contributed by atoms with Crippen LogP contribution in [0, 0.1) is 17.8 Å². The van der Waals surface area contributed by atoms with Crippen LogP contribution in [0.25, 0.3) is 0 Å². The third-order valence-electron chi connectivity index (χ3n) is 4.97. The summed E-state index contributed by atoms with van der Waals surface area (Å²) in [4.78, 5) is 24.9. The van der Waals surface area contributed by atoms with E-state index in [-0.39, 0.29) is 42.8 Å². The van der Waals surface area contributed by atoms with Crippen molar-refractivity contribution in [2.24, 2.45) is 17.8 Å². The Balaban J connectivity index is 2.02. The zero-order valence-corrected chi connectivity index (χ0v) is 16.8. The Labute approximate surface area is 172 Å². The number of benzene rings is 1.